The Morgan fingerprint density at radius 2 is 1.92 bits per heavy atom. The Balaban J connectivity index is 1.67. The molecular weight excluding hydrogens is 348 g/mol. The maximum absolute atomic E-state index is 11.0. The minimum atomic E-state index is -0.688. The number of halogens is 1. The molecule has 0 radical (unpaired) electrons. The van der Waals surface area contributed by atoms with Crippen LogP contribution in [-0.2, 0) is 17.9 Å². The first-order chi connectivity index (χ1) is 12.3. The van der Waals surface area contributed by atoms with Gasteiger partial charge in [-0.2, -0.15) is 0 Å². The van der Waals surface area contributed by atoms with Gasteiger partial charge in [-0.1, -0.05) is 29.8 Å². The Kier molecular flexibility index (Phi) is 5.54. The molecule has 138 valence electrons. The smallest absolute Gasteiger partial charge is 0.309 e. The highest BCUT2D eigenvalue weighted by atomic mass is 35.5. The van der Waals surface area contributed by atoms with Gasteiger partial charge in [0.15, 0.2) is 0 Å². The van der Waals surface area contributed by atoms with Gasteiger partial charge in [-0.15, -0.1) is 0 Å². The van der Waals surface area contributed by atoms with Crippen molar-refractivity contribution in [3.05, 3.63) is 63.7 Å². The topological polar surface area (TPSA) is 43.8 Å². The van der Waals surface area contributed by atoms with Gasteiger partial charge < -0.3 is 10.0 Å². The summed E-state index contributed by atoms with van der Waals surface area (Å²) in [6.45, 7) is 7.03. The van der Waals surface area contributed by atoms with Crippen molar-refractivity contribution in [1.29, 1.82) is 0 Å². The van der Waals surface area contributed by atoms with E-state index in [1.54, 1.807) is 0 Å². The summed E-state index contributed by atoms with van der Waals surface area (Å²) in [6.07, 6.45) is 0. The molecule has 2 aromatic rings. The first-order valence-electron chi connectivity index (χ1n) is 8.84. The van der Waals surface area contributed by atoms with Gasteiger partial charge in [-0.3, -0.25) is 9.69 Å². The summed E-state index contributed by atoms with van der Waals surface area (Å²) in [4.78, 5) is 15.4. The number of hydrogen-bond acceptors (Lipinski definition) is 3. The normalized spacial score (nSPS) is 14.9. The third-order valence-electron chi connectivity index (χ3n) is 5.12. The second kappa shape index (κ2) is 7.68. The molecule has 3 rings (SSSR count). The van der Waals surface area contributed by atoms with Crippen LogP contribution in [0, 0.1) is 19.8 Å². The molecule has 0 bridgehead atoms. The van der Waals surface area contributed by atoms with E-state index in [4.69, 9.17) is 16.7 Å². The van der Waals surface area contributed by atoms with E-state index in [0.717, 1.165) is 29.4 Å². The molecule has 0 atom stereocenters. The van der Waals surface area contributed by atoms with E-state index in [9.17, 15) is 4.79 Å². The predicted molar refractivity (Wildman–Crippen MR) is 106 cm³/mol. The van der Waals surface area contributed by atoms with Crippen LogP contribution >= 0.6 is 11.6 Å². The summed E-state index contributed by atoms with van der Waals surface area (Å²) in [5, 5.41) is 9.81. The van der Waals surface area contributed by atoms with Gasteiger partial charge in [0.25, 0.3) is 0 Å². The minimum absolute atomic E-state index is 0.210. The van der Waals surface area contributed by atoms with Crippen molar-refractivity contribution < 1.29 is 9.90 Å². The maximum Gasteiger partial charge on any atom is 0.309 e. The van der Waals surface area contributed by atoms with Gasteiger partial charge in [0.1, 0.15) is 0 Å². The number of carboxylic acids is 1. The molecule has 1 fully saturated rings. The standard InChI is InChI=1S/C21H25ClN2O2/c1-14-4-5-16(9-17(14)11-24-12-18(13-24)21(25)26)10-23(3)19-6-7-20(22)15(2)8-19/h4-9,18H,10-13H2,1-3H3,(H,25,26). The molecule has 0 unspecified atom stereocenters. The van der Waals surface area contributed by atoms with E-state index in [1.165, 1.54) is 16.7 Å². The molecule has 1 heterocycles. The highest BCUT2D eigenvalue weighted by Crippen LogP contribution is 2.25. The van der Waals surface area contributed by atoms with Crippen molar-refractivity contribution in [2.45, 2.75) is 26.9 Å². The number of rotatable bonds is 6. The zero-order valence-corrected chi connectivity index (χ0v) is 16.3. The number of carboxylic acid groups (broad SMARTS) is 1. The van der Waals surface area contributed by atoms with Crippen molar-refractivity contribution in [2.24, 2.45) is 5.92 Å². The summed E-state index contributed by atoms with van der Waals surface area (Å²) in [5.41, 5.74) is 5.98. The minimum Gasteiger partial charge on any atom is -0.481 e. The zero-order valence-electron chi connectivity index (χ0n) is 15.5. The van der Waals surface area contributed by atoms with Crippen LogP contribution in [0.15, 0.2) is 36.4 Å². The molecule has 0 spiro atoms. The summed E-state index contributed by atoms with van der Waals surface area (Å²) in [6, 6.07) is 12.6. The highest BCUT2D eigenvalue weighted by molar-refractivity contribution is 6.31. The SMILES string of the molecule is Cc1cc(N(C)Cc2ccc(C)c(CN3CC(C(=O)O)C3)c2)ccc1Cl. The van der Waals surface area contributed by atoms with E-state index < -0.39 is 5.97 Å². The summed E-state index contributed by atoms with van der Waals surface area (Å²) >= 11 is 6.12. The van der Waals surface area contributed by atoms with Gasteiger partial charge in [-0.05, 0) is 54.3 Å². The first-order valence-corrected chi connectivity index (χ1v) is 9.22. The lowest BCUT2D eigenvalue weighted by Crippen LogP contribution is -2.49. The lowest BCUT2D eigenvalue weighted by Gasteiger charge is -2.37. The second-order valence-electron chi connectivity index (χ2n) is 7.28. The quantitative estimate of drug-likeness (QED) is 0.828. The van der Waals surface area contributed by atoms with Crippen molar-refractivity contribution in [1.82, 2.24) is 4.90 Å². The molecule has 5 heteroatoms. The summed E-state index contributed by atoms with van der Waals surface area (Å²) in [5.74, 6) is -0.899. The molecule has 1 aliphatic rings. The van der Waals surface area contributed by atoms with Crippen LogP contribution in [0.1, 0.15) is 22.3 Å². The molecule has 26 heavy (non-hydrogen) atoms. The predicted octanol–water partition coefficient (Wildman–Crippen LogP) is 4.11. The average molecular weight is 373 g/mol. The van der Waals surface area contributed by atoms with Gasteiger partial charge in [0, 0.05) is 43.9 Å². The Morgan fingerprint density at radius 1 is 1.19 bits per heavy atom. The van der Waals surface area contributed by atoms with E-state index in [2.05, 4.69) is 48.0 Å². The molecule has 2 aromatic carbocycles. The van der Waals surface area contributed by atoms with E-state index in [-0.39, 0.29) is 5.92 Å². The zero-order chi connectivity index (χ0) is 18.8. The second-order valence-corrected chi connectivity index (χ2v) is 7.69. The first kappa shape index (κ1) is 18.7. The Hall–Kier alpha value is -2.04. The van der Waals surface area contributed by atoms with E-state index in [1.807, 2.05) is 19.1 Å². The third kappa shape index (κ3) is 4.19. The van der Waals surface area contributed by atoms with Crippen LogP contribution < -0.4 is 4.90 Å². The van der Waals surface area contributed by atoms with Crippen LogP contribution in [0.2, 0.25) is 5.02 Å². The number of aryl methyl sites for hydroxylation is 2. The molecular formula is C21H25ClN2O2. The monoisotopic (exact) mass is 372 g/mol. The molecule has 1 aliphatic heterocycles. The lowest BCUT2D eigenvalue weighted by molar-refractivity contribution is -0.147. The van der Waals surface area contributed by atoms with Gasteiger partial charge in [0.2, 0.25) is 0 Å². The Labute approximate surface area is 160 Å². The largest absolute Gasteiger partial charge is 0.481 e. The fourth-order valence-corrected chi connectivity index (χ4v) is 3.44. The average Bonchev–Trinajstić information content (AvgIpc) is 2.55. The van der Waals surface area contributed by atoms with Crippen LogP contribution in [0.3, 0.4) is 0 Å². The van der Waals surface area contributed by atoms with Gasteiger partial charge in [-0.25, -0.2) is 0 Å². The van der Waals surface area contributed by atoms with Crippen LogP contribution in [0.25, 0.3) is 0 Å². The molecule has 0 amide bonds. The lowest BCUT2D eigenvalue weighted by atomic mass is 9.97. The van der Waals surface area contributed by atoms with Crippen LogP contribution in [-0.4, -0.2) is 36.1 Å². The van der Waals surface area contributed by atoms with Gasteiger partial charge >= 0.3 is 5.97 Å². The number of hydrogen-bond donors (Lipinski definition) is 1. The number of benzene rings is 2. The number of aliphatic carboxylic acids is 1. The van der Waals surface area contributed by atoms with Crippen molar-refractivity contribution in [3.63, 3.8) is 0 Å². The maximum atomic E-state index is 11.0. The number of nitrogens with zero attached hydrogens (tertiary/aromatic N) is 2. The molecule has 4 nitrogen and oxygen atoms in total. The Morgan fingerprint density at radius 3 is 2.58 bits per heavy atom. The summed E-state index contributed by atoms with van der Waals surface area (Å²) < 4.78 is 0. The highest BCUT2D eigenvalue weighted by Gasteiger charge is 2.32. The van der Waals surface area contributed by atoms with Crippen molar-refractivity contribution in [3.8, 4) is 0 Å². The molecule has 0 aromatic heterocycles. The third-order valence-corrected chi connectivity index (χ3v) is 5.54. The van der Waals surface area contributed by atoms with Crippen LogP contribution in [0.4, 0.5) is 5.69 Å². The van der Waals surface area contributed by atoms with Crippen LogP contribution in [0.5, 0.6) is 0 Å². The fraction of sp³-hybridized carbons (Fsp3) is 0.381. The summed E-state index contributed by atoms with van der Waals surface area (Å²) in [7, 11) is 2.08. The van der Waals surface area contributed by atoms with Crippen molar-refractivity contribution >= 4 is 23.3 Å². The van der Waals surface area contributed by atoms with Gasteiger partial charge in [0.05, 0.1) is 5.92 Å². The van der Waals surface area contributed by atoms with Crippen molar-refractivity contribution in [2.75, 3.05) is 25.0 Å². The molecule has 0 saturated carbocycles. The number of likely N-dealkylation sites (tertiary alicyclic amines) is 1. The molecule has 0 aliphatic carbocycles. The molecule has 1 N–H and O–H groups in total. The Bertz CT molecular complexity index is 816. The fourth-order valence-electron chi connectivity index (χ4n) is 3.32. The van der Waals surface area contributed by atoms with E-state index in [0.29, 0.717) is 13.1 Å². The molecule has 1 saturated heterocycles. The number of anilines is 1. The number of carbonyl (C=O) groups is 1. The van der Waals surface area contributed by atoms with E-state index >= 15 is 0 Å².